The van der Waals surface area contributed by atoms with E-state index in [2.05, 4.69) is 0 Å². The summed E-state index contributed by atoms with van der Waals surface area (Å²) in [6, 6.07) is 0. The van der Waals surface area contributed by atoms with Crippen LogP contribution in [0.5, 0.6) is 0 Å². The van der Waals surface area contributed by atoms with Crippen LogP contribution in [0.1, 0.15) is 6.42 Å². The highest BCUT2D eigenvalue weighted by Crippen LogP contribution is 2.54. The zero-order valence-electron chi connectivity index (χ0n) is 6.23. The van der Waals surface area contributed by atoms with E-state index in [0.29, 0.717) is 29.3 Å². The third-order valence-electron chi connectivity index (χ3n) is 2.86. The highest BCUT2D eigenvalue weighted by molar-refractivity contribution is 7.91. The predicted molar refractivity (Wildman–Crippen MR) is 40.8 cm³/mol. The Morgan fingerprint density at radius 2 is 1.82 bits per heavy atom. The van der Waals surface area contributed by atoms with E-state index in [1.54, 1.807) is 0 Å². The summed E-state index contributed by atoms with van der Waals surface area (Å²) in [7, 11) is -2.68. The average molecular weight is 176 g/mol. The minimum Gasteiger partial charge on any atom is -0.396 e. The van der Waals surface area contributed by atoms with Crippen molar-refractivity contribution < 1.29 is 13.5 Å². The first kappa shape index (κ1) is 7.55. The summed E-state index contributed by atoms with van der Waals surface area (Å²) in [4.78, 5) is 0. The first-order valence-electron chi connectivity index (χ1n) is 3.95. The standard InChI is InChI=1S/C7H12O3S/c8-2-1-5-6-3-11(9,10)4-7(5)6/h5-8H,1-4H2. The van der Waals surface area contributed by atoms with Crippen LogP contribution in [-0.2, 0) is 9.84 Å². The Morgan fingerprint density at radius 1 is 1.27 bits per heavy atom. The molecule has 0 spiro atoms. The molecule has 0 radical (unpaired) electrons. The van der Waals surface area contributed by atoms with Crippen molar-refractivity contribution in [3.8, 4) is 0 Å². The van der Waals surface area contributed by atoms with Gasteiger partial charge < -0.3 is 5.11 Å². The van der Waals surface area contributed by atoms with Gasteiger partial charge >= 0.3 is 0 Å². The Hall–Kier alpha value is -0.0900. The number of hydrogen-bond acceptors (Lipinski definition) is 3. The van der Waals surface area contributed by atoms with Crippen molar-refractivity contribution in [1.29, 1.82) is 0 Å². The minimum atomic E-state index is -2.68. The molecule has 0 amide bonds. The number of rotatable bonds is 2. The fourth-order valence-corrected chi connectivity index (χ4v) is 4.55. The number of aliphatic hydroxyl groups is 1. The summed E-state index contributed by atoms with van der Waals surface area (Å²) < 4.78 is 21.9. The van der Waals surface area contributed by atoms with E-state index in [1.165, 1.54) is 0 Å². The molecule has 1 saturated heterocycles. The van der Waals surface area contributed by atoms with E-state index in [9.17, 15) is 8.42 Å². The molecule has 0 aromatic heterocycles. The summed E-state index contributed by atoms with van der Waals surface area (Å²) in [5.41, 5.74) is 0. The second-order valence-electron chi connectivity index (χ2n) is 3.58. The molecular formula is C7H12O3S. The van der Waals surface area contributed by atoms with Crippen LogP contribution in [0.25, 0.3) is 0 Å². The van der Waals surface area contributed by atoms with Gasteiger partial charge in [-0.3, -0.25) is 0 Å². The zero-order valence-corrected chi connectivity index (χ0v) is 7.05. The summed E-state index contributed by atoms with van der Waals surface area (Å²) in [6.07, 6.45) is 0.796. The van der Waals surface area contributed by atoms with Crippen LogP contribution < -0.4 is 0 Å². The fourth-order valence-electron chi connectivity index (χ4n) is 2.25. The molecule has 0 aromatic carbocycles. The first-order valence-corrected chi connectivity index (χ1v) is 5.77. The van der Waals surface area contributed by atoms with Crippen LogP contribution in [0.3, 0.4) is 0 Å². The van der Waals surface area contributed by atoms with Crippen LogP contribution in [0, 0.1) is 17.8 Å². The number of sulfone groups is 1. The molecule has 0 bridgehead atoms. The maximum absolute atomic E-state index is 11.0. The lowest BCUT2D eigenvalue weighted by Crippen LogP contribution is -2.10. The molecule has 11 heavy (non-hydrogen) atoms. The number of fused-ring (bicyclic) bond motifs is 1. The maximum Gasteiger partial charge on any atom is 0.150 e. The monoisotopic (exact) mass is 176 g/mol. The summed E-state index contributed by atoms with van der Waals surface area (Å²) in [5.74, 6) is 2.06. The van der Waals surface area contributed by atoms with E-state index >= 15 is 0 Å². The van der Waals surface area contributed by atoms with Crippen LogP contribution in [0.4, 0.5) is 0 Å². The smallest absolute Gasteiger partial charge is 0.150 e. The van der Waals surface area contributed by atoms with E-state index in [0.717, 1.165) is 6.42 Å². The quantitative estimate of drug-likeness (QED) is 0.626. The average Bonchev–Trinajstić information content (AvgIpc) is 2.42. The summed E-state index contributed by atoms with van der Waals surface area (Å²) in [6.45, 7) is 0.206. The highest BCUT2D eigenvalue weighted by Gasteiger charge is 2.57. The van der Waals surface area contributed by atoms with Gasteiger partial charge in [0.05, 0.1) is 11.5 Å². The second-order valence-corrected chi connectivity index (χ2v) is 5.73. The molecule has 2 rings (SSSR count). The van der Waals surface area contributed by atoms with E-state index < -0.39 is 9.84 Å². The molecule has 1 aliphatic heterocycles. The fraction of sp³-hybridized carbons (Fsp3) is 1.00. The van der Waals surface area contributed by atoms with Crippen LogP contribution in [0.15, 0.2) is 0 Å². The molecular weight excluding hydrogens is 164 g/mol. The molecule has 64 valence electrons. The van der Waals surface area contributed by atoms with Crippen molar-refractivity contribution in [2.75, 3.05) is 18.1 Å². The third-order valence-corrected chi connectivity index (χ3v) is 4.65. The van der Waals surface area contributed by atoms with Gasteiger partial charge in [0.25, 0.3) is 0 Å². The number of hydrogen-bond donors (Lipinski definition) is 1. The molecule has 2 unspecified atom stereocenters. The first-order chi connectivity index (χ1) is 5.14. The molecule has 2 aliphatic rings. The molecule has 2 atom stereocenters. The molecule has 2 fully saturated rings. The van der Waals surface area contributed by atoms with Crippen molar-refractivity contribution >= 4 is 9.84 Å². The maximum atomic E-state index is 11.0. The highest BCUT2D eigenvalue weighted by atomic mass is 32.2. The minimum absolute atomic E-state index is 0.206. The van der Waals surface area contributed by atoms with Crippen LogP contribution in [-0.4, -0.2) is 31.6 Å². The lowest BCUT2D eigenvalue weighted by atomic mass is 10.2. The van der Waals surface area contributed by atoms with Crippen molar-refractivity contribution in [1.82, 2.24) is 0 Å². The zero-order chi connectivity index (χ0) is 8.06. The Labute approximate surface area is 66.3 Å². The second kappa shape index (κ2) is 2.20. The van der Waals surface area contributed by atoms with Crippen LogP contribution in [0.2, 0.25) is 0 Å². The molecule has 1 N–H and O–H groups in total. The summed E-state index contributed by atoms with van der Waals surface area (Å²) in [5, 5.41) is 8.61. The molecule has 0 aromatic rings. The third kappa shape index (κ3) is 1.18. The Morgan fingerprint density at radius 3 is 2.27 bits per heavy atom. The Bertz CT molecular complexity index is 239. The van der Waals surface area contributed by atoms with E-state index in [1.807, 2.05) is 0 Å². The molecule has 1 heterocycles. The lowest BCUT2D eigenvalue weighted by Gasteiger charge is -2.00. The van der Waals surface area contributed by atoms with Crippen molar-refractivity contribution in [2.24, 2.45) is 17.8 Å². The Kier molecular flexibility index (Phi) is 1.51. The largest absolute Gasteiger partial charge is 0.396 e. The summed E-state index contributed by atoms with van der Waals surface area (Å²) >= 11 is 0. The van der Waals surface area contributed by atoms with Gasteiger partial charge in [0.1, 0.15) is 0 Å². The molecule has 1 saturated carbocycles. The van der Waals surface area contributed by atoms with Crippen LogP contribution >= 0.6 is 0 Å². The van der Waals surface area contributed by atoms with Gasteiger partial charge in [-0.2, -0.15) is 0 Å². The van der Waals surface area contributed by atoms with Crippen molar-refractivity contribution in [3.05, 3.63) is 0 Å². The predicted octanol–water partition coefficient (Wildman–Crippen LogP) is -0.341. The molecule has 3 nitrogen and oxygen atoms in total. The SMILES string of the molecule is O=S1(=O)CC2C(CCO)C2C1. The van der Waals surface area contributed by atoms with Gasteiger partial charge in [-0.1, -0.05) is 0 Å². The van der Waals surface area contributed by atoms with Gasteiger partial charge in [0.2, 0.25) is 0 Å². The van der Waals surface area contributed by atoms with Crippen molar-refractivity contribution in [3.63, 3.8) is 0 Å². The Balaban J connectivity index is 1.96. The van der Waals surface area contributed by atoms with Gasteiger partial charge in [-0.05, 0) is 24.2 Å². The van der Waals surface area contributed by atoms with Gasteiger partial charge in [0, 0.05) is 6.61 Å². The number of aliphatic hydroxyl groups excluding tert-OH is 1. The van der Waals surface area contributed by atoms with Gasteiger partial charge in [-0.25, -0.2) is 8.42 Å². The van der Waals surface area contributed by atoms with Gasteiger partial charge in [-0.15, -0.1) is 0 Å². The lowest BCUT2D eigenvalue weighted by molar-refractivity contribution is 0.275. The normalized spacial score (nSPS) is 45.4. The molecule has 1 aliphatic carbocycles. The van der Waals surface area contributed by atoms with E-state index in [-0.39, 0.29) is 6.61 Å². The molecule has 4 heteroatoms. The topological polar surface area (TPSA) is 54.4 Å². The van der Waals surface area contributed by atoms with E-state index in [4.69, 9.17) is 5.11 Å². The van der Waals surface area contributed by atoms with Gasteiger partial charge in [0.15, 0.2) is 9.84 Å². The van der Waals surface area contributed by atoms with Crippen molar-refractivity contribution in [2.45, 2.75) is 6.42 Å².